The van der Waals surface area contributed by atoms with Gasteiger partial charge in [0.25, 0.3) is 0 Å². The second kappa shape index (κ2) is 6.31. The van der Waals surface area contributed by atoms with Crippen molar-refractivity contribution in [3.05, 3.63) is 48.0 Å². The second-order valence-electron chi connectivity index (χ2n) is 5.75. The molecule has 1 unspecified atom stereocenters. The lowest BCUT2D eigenvalue weighted by molar-refractivity contribution is 0.413. The minimum Gasteiger partial charge on any atom is -0.497 e. The maximum Gasteiger partial charge on any atom is 0.118 e. The first-order valence-corrected chi connectivity index (χ1v) is 7.61. The molecule has 0 radical (unpaired) electrons. The first kappa shape index (κ1) is 14.1. The molecule has 4 heteroatoms. The molecule has 1 aromatic carbocycles. The third-order valence-electron chi connectivity index (χ3n) is 4.20. The summed E-state index contributed by atoms with van der Waals surface area (Å²) < 4.78 is 7.32. The van der Waals surface area contributed by atoms with Crippen molar-refractivity contribution in [2.45, 2.75) is 25.3 Å². The van der Waals surface area contributed by atoms with Crippen LogP contribution in [0.3, 0.4) is 0 Å². The summed E-state index contributed by atoms with van der Waals surface area (Å²) in [5.74, 6) is 2.83. The molecular weight excluding hydrogens is 262 g/mol. The lowest BCUT2D eigenvalue weighted by Gasteiger charge is -2.19. The number of rotatable bonds is 7. The molecular formula is C17H23N3O. The molecule has 1 aliphatic carbocycles. The van der Waals surface area contributed by atoms with Gasteiger partial charge >= 0.3 is 0 Å². The number of aromatic nitrogens is 2. The van der Waals surface area contributed by atoms with Crippen LogP contribution < -0.4 is 10.1 Å². The largest absolute Gasteiger partial charge is 0.497 e. The fraction of sp³-hybridized carbons (Fsp3) is 0.471. The zero-order valence-corrected chi connectivity index (χ0v) is 12.7. The number of aryl methyl sites for hydroxylation is 1. The molecule has 1 aromatic heterocycles. The van der Waals surface area contributed by atoms with E-state index in [9.17, 15) is 0 Å². The standard InChI is InChI=1S/C17H23N3O/c1-20-12-11-18-16(20)9-10-19-17(13-3-4-13)14-5-7-15(21-2)8-6-14/h5-8,11-13,17,19H,3-4,9-10H2,1-2H3. The van der Waals surface area contributed by atoms with Crippen LogP contribution in [0.4, 0.5) is 0 Å². The van der Waals surface area contributed by atoms with Crippen molar-refractivity contribution >= 4 is 0 Å². The summed E-state index contributed by atoms with van der Waals surface area (Å²) in [5, 5.41) is 3.71. The van der Waals surface area contributed by atoms with E-state index in [1.807, 2.05) is 31.6 Å². The van der Waals surface area contributed by atoms with E-state index in [-0.39, 0.29) is 0 Å². The number of hydrogen-bond acceptors (Lipinski definition) is 3. The van der Waals surface area contributed by atoms with Gasteiger partial charge in [0.1, 0.15) is 11.6 Å². The summed E-state index contributed by atoms with van der Waals surface area (Å²) in [6.45, 7) is 0.956. The average Bonchev–Trinajstić information content (AvgIpc) is 3.27. The molecule has 1 aliphatic rings. The highest BCUT2D eigenvalue weighted by Gasteiger charge is 2.31. The summed E-state index contributed by atoms with van der Waals surface area (Å²) in [7, 11) is 3.75. The predicted molar refractivity (Wildman–Crippen MR) is 83.4 cm³/mol. The topological polar surface area (TPSA) is 39.1 Å². The minimum atomic E-state index is 0.455. The van der Waals surface area contributed by atoms with Gasteiger partial charge in [0.2, 0.25) is 0 Å². The van der Waals surface area contributed by atoms with Gasteiger partial charge in [-0.2, -0.15) is 0 Å². The Morgan fingerprint density at radius 3 is 2.67 bits per heavy atom. The number of nitrogens with one attached hydrogen (secondary N) is 1. The molecule has 1 saturated carbocycles. The number of hydrogen-bond donors (Lipinski definition) is 1. The fourth-order valence-electron chi connectivity index (χ4n) is 2.77. The predicted octanol–water partition coefficient (Wildman–Crippen LogP) is 2.71. The Morgan fingerprint density at radius 1 is 1.33 bits per heavy atom. The van der Waals surface area contributed by atoms with Gasteiger partial charge in [-0.15, -0.1) is 0 Å². The van der Waals surface area contributed by atoms with E-state index in [4.69, 9.17) is 4.74 Å². The molecule has 112 valence electrons. The van der Waals surface area contributed by atoms with Gasteiger partial charge < -0.3 is 14.6 Å². The zero-order valence-electron chi connectivity index (χ0n) is 12.7. The van der Waals surface area contributed by atoms with E-state index in [1.54, 1.807) is 7.11 Å². The Balaban J connectivity index is 1.60. The molecule has 0 amide bonds. The van der Waals surface area contributed by atoms with Crippen molar-refractivity contribution < 1.29 is 4.74 Å². The van der Waals surface area contributed by atoms with Gasteiger partial charge in [0.05, 0.1) is 7.11 Å². The third-order valence-corrected chi connectivity index (χ3v) is 4.20. The lowest BCUT2D eigenvalue weighted by Crippen LogP contribution is -2.26. The van der Waals surface area contributed by atoms with Gasteiger partial charge in [-0.3, -0.25) is 0 Å². The molecule has 1 atom stereocenters. The van der Waals surface area contributed by atoms with Crippen molar-refractivity contribution in [1.82, 2.24) is 14.9 Å². The zero-order chi connectivity index (χ0) is 14.7. The molecule has 0 bridgehead atoms. The van der Waals surface area contributed by atoms with Crippen LogP contribution >= 0.6 is 0 Å². The van der Waals surface area contributed by atoms with Crippen LogP contribution in [0.15, 0.2) is 36.7 Å². The normalized spacial score (nSPS) is 15.9. The molecule has 3 rings (SSSR count). The van der Waals surface area contributed by atoms with Gasteiger partial charge in [0.15, 0.2) is 0 Å². The van der Waals surface area contributed by atoms with Crippen LogP contribution in [-0.2, 0) is 13.5 Å². The Labute approximate surface area is 126 Å². The van der Waals surface area contributed by atoms with Crippen molar-refractivity contribution in [1.29, 1.82) is 0 Å². The first-order valence-electron chi connectivity index (χ1n) is 7.61. The van der Waals surface area contributed by atoms with Gasteiger partial charge in [-0.25, -0.2) is 4.98 Å². The Bertz CT molecular complexity index is 572. The van der Waals surface area contributed by atoms with Crippen molar-refractivity contribution in [2.24, 2.45) is 13.0 Å². The molecule has 0 saturated heterocycles. The average molecular weight is 285 g/mol. The van der Waals surface area contributed by atoms with Crippen molar-refractivity contribution in [3.63, 3.8) is 0 Å². The SMILES string of the molecule is COc1ccc(C(NCCc2nccn2C)C2CC2)cc1. The first-order chi connectivity index (χ1) is 10.3. The molecule has 4 nitrogen and oxygen atoms in total. The minimum absolute atomic E-state index is 0.455. The van der Waals surface area contributed by atoms with Gasteiger partial charge in [-0.05, 0) is 36.5 Å². The Hall–Kier alpha value is -1.81. The van der Waals surface area contributed by atoms with Crippen LogP contribution in [-0.4, -0.2) is 23.2 Å². The van der Waals surface area contributed by atoms with E-state index in [0.717, 1.165) is 30.5 Å². The summed E-state index contributed by atoms with van der Waals surface area (Å²) in [6.07, 6.45) is 7.47. The maximum absolute atomic E-state index is 5.24. The van der Waals surface area contributed by atoms with E-state index >= 15 is 0 Å². The fourth-order valence-corrected chi connectivity index (χ4v) is 2.77. The summed E-state index contributed by atoms with van der Waals surface area (Å²) in [5.41, 5.74) is 1.36. The summed E-state index contributed by atoms with van der Waals surface area (Å²) >= 11 is 0. The Morgan fingerprint density at radius 2 is 2.10 bits per heavy atom. The smallest absolute Gasteiger partial charge is 0.118 e. The molecule has 1 fully saturated rings. The van der Waals surface area contributed by atoms with Crippen LogP contribution in [0.2, 0.25) is 0 Å². The summed E-state index contributed by atoms with van der Waals surface area (Å²) in [6, 6.07) is 8.90. The monoisotopic (exact) mass is 285 g/mol. The lowest BCUT2D eigenvalue weighted by atomic mass is 10.0. The quantitative estimate of drug-likeness (QED) is 0.850. The number of methoxy groups -OCH3 is 1. The van der Waals surface area contributed by atoms with Gasteiger partial charge in [0, 0.05) is 38.4 Å². The van der Waals surface area contributed by atoms with E-state index < -0.39 is 0 Å². The molecule has 21 heavy (non-hydrogen) atoms. The number of benzene rings is 1. The van der Waals surface area contributed by atoms with Crippen LogP contribution in [0.5, 0.6) is 5.75 Å². The highest BCUT2D eigenvalue weighted by Crippen LogP contribution is 2.41. The van der Waals surface area contributed by atoms with E-state index in [0.29, 0.717) is 6.04 Å². The third kappa shape index (κ3) is 3.45. The Kier molecular flexibility index (Phi) is 4.25. The van der Waals surface area contributed by atoms with E-state index in [1.165, 1.54) is 18.4 Å². The second-order valence-corrected chi connectivity index (χ2v) is 5.75. The molecule has 1 heterocycles. The highest BCUT2D eigenvalue weighted by molar-refractivity contribution is 5.30. The van der Waals surface area contributed by atoms with E-state index in [2.05, 4.69) is 27.0 Å². The number of ether oxygens (including phenoxy) is 1. The van der Waals surface area contributed by atoms with Crippen molar-refractivity contribution in [3.8, 4) is 5.75 Å². The van der Waals surface area contributed by atoms with Crippen LogP contribution in [0, 0.1) is 5.92 Å². The maximum atomic E-state index is 5.24. The number of nitrogens with zero attached hydrogens (tertiary/aromatic N) is 2. The van der Waals surface area contributed by atoms with Crippen LogP contribution in [0.1, 0.15) is 30.3 Å². The number of imidazole rings is 1. The summed E-state index contributed by atoms with van der Waals surface area (Å²) in [4.78, 5) is 4.37. The van der Waals surface area contributed by atoms with Crippen molar-refractivity contribution in [2.75, 3.05) is 13.7 Å². The molecule has 0 spiro atoms. The molecule has 0 aliphatic heterocycles. The van der Waals surface area contributed by atoms with Crippen LogP contribution in [0.25, 0.3) is 0 Å². The molecule has 2 aromatic rings. The molecule has 1 N–H and O–H groups in total. The highest BCUT2D eigenvalue weighted by atomic mass is 16.5. The van der Waals surface area contributed by atoms with Gasteiger partial charge in [-0.1, -0.05) is 12.1 Å².